The zero-order chi connectivity index (χ0) is 20.8. The number of esters is 1. The molecule has 0 radical (unpaired) electrons. The number of hydrogen-bond donors (Lipinski definition) is 2. The number of carbonyl (C=O) groups excluding carboxylic acids is 4. The summed E-state index contributed by atoms with van der Waals surface area (Å²) in [5.41, 5.74) is 5.36. The third kappa shape index (κ3) is 5.32. The predicted octanol–water partition coefficient (Wildman–Crippen LogP) is 1.70. The summed E-state index contributed by atoms with van der Waals surface area (Å²) in [7, 11) is 0. The number of carbonyl (C=O) groups is 4. The Kier molecular flexibility index (Phi) is 6.46. The maximum Gasteiger partial charge on any atom is 0.311 e. The quantitative estimate of drug-likeness (QED) is 0.571. The Morgan fingerprint density at radius 2 is 1.83 bits per heavy atom. The van der Waals surface area contributed by atoms with Crippen molar-refractivity contribution in [2.75, 3.05) is 18.1 Å². The number of anilines is 1. The van der Waals surface area contributed by atoms with Gasteiger partial charge in [0.2, 0.25) is 5.91 Å². The highest BCUT2D eigenvalue weighted by molar-refractivity contribution is 6.31. The molecule has 0 bridgehead atoms. The number of rotatable bonds is 5. The first kappa shape index (κ1) is 20.3. The second-order valence-corrected chi connectivity index (χ2v) is 6.80. The predicted molar refractivity (Wildman–Crippen MR) is 105 cm³/mol. The molecule has 2 aromatic rings. The second-order valence-electron chi connectivity index (χ2n) is 6.36. The fourth-order valence-corrected chi connectivity index (χ4v) is 3.02. The molecule has 1 saturated heterocycles. The highest BCUT2D eigenvalue weighted by atomic mass is 35.5. The topological polar surface area (TPSA) is 105 Å². The van der Waals surface area contributed by atoms with Crippen molar-refractivity contribution < 1.29 is 23.9 Å². The molecule has 0 unspecified atom stereocenters. The molecule has 29 heavy (non-hydrogen) atoms. The van der Waals surface area contributed by atoms with Gasteiger partial charge in [-0.05, 0) is 30.3 Å². The van der Waals surface area contributed by atoms with Crippen molar-refractivity contribution in [3.8, 4) is 0 Å². The Morgan fingerprint density at radius 1 is 1.07 bits per heavy atom. The summed E-state index contributed by atoms with van der Waals surface area (Å²) in [6.07, 6.45) is -0.0162. The summed E-state index contributed by atoms with van der Waals surface area (Å²) >= 11 is 5.94. The van der Waals surface area contributed by atoms with E-state index in [2.05, 4.69) is 10.9 Å². The van der Waals surface area contributed by atoms with Crippen LogP contribution in [-0.2, 0) is 19.1 Å². The zero-order valence-corrected chi connectivity index (χ0v) is 16.0. The molecular formula is C20H18ClN3O5. The van der Waals surface area contributed by atoms with Gasteiger partial charge < -0.3 is 9.64 Å². The molecule has 1 atom stereocenters. The molecule has 9 heteroatoms. The maximum atomic E-state index is 12.2. The minimum absolute atomic E-state index is 0.0162. The van der Waals surface area contributed by atoms with Gasteiger partial charge in [-0.15, -0.1) is 0 Å². The number of nitrogens with zero attached hydrogens (tertiary/aromatic N) is 1. The first-order valence-electron chi connectivity index (χ1n) is 8.81. The lowest BCUT2D eigenvalue weighted by atomic mass is 10.1. The number of ether oxygens (including phenoxy) is 1. The molecule has 1 fully saturated rings. The Hall–Kier alpha value is -3.39. The summed E-state index contributed by atoms with van der Waals surface area (Å²) in [5.74, 6) is -2.77. The molecule has 8 nitrogen and oxygen atoms in total. The van der Waals surface area contributed by atoms with Crippen LogP contribution < -0.4 is 15.8 Å². The van der Waals surface area contributed by atoms with Crippen LogP contribution in [0.2, 0.25) is 5.02 Å². The highest BCUT2D eigenvalue weighted by Gasteiger charge is 2.36. The molecule has 0 aliphatic carbocycles. The molecule has 1 aliphatic heterocycles. The van der Waals surface area contributed by atoms with E-state index in [9.17, 15) is 19.2 Å². The molecule has 1 aliphatic rings. The van der Waals surface area contributed by atoms with E-state index in [1.165, 1.54) is 4.90 Å². The lowest BCUT2D eigenvalue weighted by Gasteiger charge is -2.16. The van der Waals surface area contributed by atoms with Crippen molar-refractivity contribution in [1.29, 1.82) is 0 Å². The summed E-state index contributed by atoms with van der Waals surface area (Å²) in [4.78, 5) is 49.5. The third-order valence-corrected chi connectivity index (χ3v) is 4.51. The van der Waals surface area contributed by atoms with Gasteiger partial charge in [0.25, 0.3) is 11.8 Å². The molecule has 1 heterocycles. The standard InChI is InChI=1S/C20H18ClN3O5/c21-15-7-4-8-16(10-15)24-11-14(9-18(24)26)20(28)29-12-17(25)22-23-19(27)13-5-2-1-3-6-13/h1-8,10,14H,9,11-12H2,(H,22,25)(H,23,27)/t14-/m1/s1. The van der Waals surface area contributed by atoms with Crippen molar-refractivity contribution >= 4 is 41.0 Å². The van der Waals surface area contributed by atoms with Gasteiger partial charge in [0.15, 0.2) is 6.61 Å². The molecule has 3 rings (SSSR count). The van der Waals surface area contributed by atoms with E-state index < -0.39 is 30.3 Å². The number of benzene rings is 2. The average Bonchev–Trinajstić information content (AvgIpc) is 3.12. The van der Waals surface area contributed by atoms with Gasteiger partial charge >= 0.3 is 5.97 Å². The first-order valence-corrected chi connectivity index (χ1v) is 9.18. The smallest absolute Gasteiger partial charge is 0.311 e. The minimum Gasteiger partial charge on any atom is -0.455 e. The number of amides is 3. The molecule has 2 aromatic carbocycles. The first-order chi connectivity index (χ1) is 13.9. The van der Waals surface area contributed by atoms with Gasteiger partial charge in [0, 0.05) is 29.2 Å². The highest BCUT2D eigenvalue weighted by Crippen LogP contribution is 2.27. The van der Waals surface area contributed by atoms with Gasteiger partial charge in [0.1, 0.15) is 0 Å². The van der Waals surface area contributed by atoms with E-state index in [1.54, 1.807) is 54.6 Å². The van der Waals surface area contributed by atoms with Crippen LogP contribution in [0.25, 0.3) is 0 Å². The second kappa shape index (κ2) is 9.20. The van der Waals surface area contributed by atoms with Crippen molar-refractivity contribution in [2.45, 2.75) is 6.42 Å². The van der Waals surface area contributed by atoms with Crippen LogP contribution in [0, 0.1) is 5.92 Å². The Bertz CT molecular complexity index is 935. The van der Waals surface area contributed by atoms with Crippen LogP contribution in [-0.4, -0.2) is 36.8 Å². The normalized spacial score (nSPS) is 15.7. The van der Waals surface area contributed by atoms with E-state index in [0.717, 1.165) is 0 Å². The van der Waals surface area contributed by atoms with Crippen molar-refractivity contribution in [3.63, 3.8) is 0 Å². The summed E-state index contributed by atoms with van der Waals surface area (Å²) in [6.45, 7) is -0.430. The molecule has 3 amide bonds. The van der Waals surface area contributed by atoms with Crippen LogP contribution >= 0.6 is 11.6 Å². The van der Waals surface area contributed by atoms with E-state index in [0.29, 0.717) is 16.3 Å². The largest absolute Gasteiger partial charge is 0.455 e. The van der Waals surface area contributed by atoms with Gasteiger partial charge in [-0.2, -0.15) is 0 Å². The molecule has 150 valence electrons. The summed E-state index contributed by atoms with van der Waals surface area (Å²) in [6, 6.07) is 15.1. The minimum atomic E-state index is -0.696. The molecule has 0 saturated carbocycles. The van der Waals surface area contributed by atoms with Crippen molar-refractivity contribution in [3.05, 3.63) is 65.2 Å². The SMILES string of the molecule is O=C(COC(=O)[C@@H]1CC(=O)N(c2cccc(Cl)c2)C1)NNC(=O)c1ccccc1. The average molecular weight is 416 g/mol. The number of halogens is 1. The van der Waals surface area contributed by atoms with Crippen LogP contribution in [0.15, 0.2) is 54.6 Å². The molecule has 0 spiro atoms. The summed E-state index contributed by atoms with van der Waals surface area (Å²) < 4.78 is 4.97. The third-order valence-electron chi connectivity index (χ3n) is 4.28. The lowest BCUT2D eigenvalue weighted by molar-refractivity contribution is -0.152. The van der Waals surface area contributed by atoms with E-state index in [1.807, 2.05) is 0 Å². The van der Waals surface area contributed by atoms with E-state index >= 15 is 0 Å². The monoisotopic (exact) mass is 415 g/mol. The van der Waals surface area contributed by atoms with Gasteiger partial charge in [-0.3, -0.25) is 30.0 Å². The maximum absolute atomic E-state index is 12.2. The molecular weight excluding hydrogens is 398 g/mol. The Labute approximate surface area is 171 Å². The van der Waals surface area contributed by atoms with Crippen LogP contribution in [0.3, 0.4) is 0 Å². The number of hydrogen-bond acceptors (Lipinski definition) is 5. The van der Waals surface area contributed by atoms with Crippen molar-refractivity contribution in [2.24, 2.45) is 5.92 Å². The molecule has 2 N–H and O–H groups in total. The van der Waals surface area contributed by atoms with Gasteiger partial charge in [-0.25, -0.2) is 0 Å². The van der Waals surface area contributed by atoms with Crippen molar-refractivity contribution in [1.82, 2.24) is 10.9 Å². The van der Waals surface area contributed by atoms with E-state index in [4.69, 9.17) is 16.3 Å². The lowest BCUT2D eigenvalue weighted by Crippen LogP contribution is -2.43. The fraction of sp³-hybridized carbons (Fsp3) is 0.200. The van der Waals surface area contributed by atoms with Crippen LogP contribution in [0.5, 0.6) is 0 Å². The molecule has 0 aromatic heterocycles. The number of hydrazine groups is 1. The Balaban J connectivity index is 1.45. The van der Waals surface area contributed by atoms with Gasteiger partial charge in [0.05, 0.1) is 5.92 Å². The van der Waals surface area contributed by atoms with Crippen LogP contribution in [0.4, 0.5) is 5.69 Å². The van der Waals surface area contributed by atoms with Gasteiger partial charge in [-0.1, -0.05) is 35.9 Å². The zero-order valence-electron chi connectivity index (χ0n) is 15.3. The number of nitrogens with one attached hydrogen (secondary N) is 2. The fourth-order valence-electron chi connectivity index (χ4n) is 2.84. The van der Waals surface area contributed by atoms with Crippen LogP contribution in [0.1, 0.15) is 16.8 Å². The van der Waals surface area contributed by atoms with E-state index in [-0.39, 0.29) is 18.9 Å². The summed E-state index contributed by atoms with van der Waals surface area (Å²) in [5, 5.41) is 0.482. The Morgan fingerprint density at radius 3 is 2.55 bits per heavy atom.